The number of halogens is 2. The number of para-hydroxylation sites is 2. The van der Waals surface area contributed by atoms with Crippen LogP contribution >= 0.6 is 0 Å². The van der Waals surface area contributed by atoms with Gasteiger partial charge in [-0.3, -0.25) is 19.4 Å². The number of hydrogen-bond acceptors (Lipinski definition) is 3. The second kappa shape index (κ2) is 8.06. The van der Waals surface area contributed by atoms with Crippen molar-refractivity contribution < 1.29 is 23.2 Å². The van der Waals surface area contributed by atoms with Crippen molar-refractivity contribution in [2.24, 2.45) is 0 Å². The molecule has 0 spiro atoms. The van der Waals surface area contributed by atoms with Gasteiger partial charge in [-0.05, 0) is 60.7 Å². The maximum atomic E-state index is 13.8. The summed E-state index contributed by atoms with van der Waals surface area (Å²) >= 11 is 0. The van der Waals surface area contributed by atoms with Crippen molar-refractivity contribution in [1.82, 2.24) is 10.2 Å². The summed E-state index contributed by atoms with van der Waals surface area (Å²) in [5.74, 6) is -3.36. The van der Waals surface area contributed by atoms with E-state index < -0.39 is 41.6 Å². The fourth-order valence-corrected chi connectivity index (χ4v) is 4.60. The van der Waals surface area contributed by atoms with Crippen LogP contribution in [0.5, 0.6) is 0 Å². The number of benzene rings is 3. The topological polar surface area (TPSA) is 69.7 Å². The Bertz CT molecular complexity index is 1290. The number of anilines is 2. The Morgan fingerprint density at radius 2 is 1.50 bits per heavy atom. The molecular weight excluding hydrogens is 440 g/mol. The maximum absolute atomic E-state index is 13.8. The first kappa shape index (κ1) is 21.8. The largest absolute Gasteiger partial charge is 0.325 e. The molecule has 0 bridgehead atoms. The number of rotatable bonds is 3. The summed E-state index contributed by atoms with van der Waals surface area (Å²) in [5, 5.41) is 2.53. The molecule has 1 saturated heterocycles. The van der Waals surface area contributed by atoms with E-state index in [0.717, 1.165) is 41.0 Å². The minimum atomic E-state index is -1.62. The zero-order valence-corrected chi connectivity index (χ0v) is 18.3. The number of carbonyl (C=O) groups excluding carboxylic acids is 3. The van der Waals surface area contributed by atoms with Gasteiger partial charge >= 0.3 is 6.03 Å². The summed E-state index contributed by atoms with van der Waals surface area (Å²) in [6, 6.07) is 17.3. The number of amides is 4. The predicted octanol–water partition coefficient (Wildman–Crippen LogP) is 4.20. The highest BCUT2D eigenvalue weighted by Gasteiger charge is 2.50. The van der Waals surface area contributed by atoms with Gasteiger partial charge in [-0.2, -0.15) is 0 Å². The fraction of sp³-hybridized carbons (Fsp3) is 0.192. The molecule has 2 aliphatic heterocycles. The second-order valence-electron chi connectivity index (χ2n) is 8.56. The molecule has 1 fully saturated rings. The van der Waals surface area contributed by atoms with Gasteiger partial charge in [0.15, 0.2) is 11.6 Å². The van der Waals surface area contributed by atoms with Crippen LogP contribution in [0.2, 0.25) is 0 Å². The molecule has 8 heteroatoms. The summed E-state index contributed by atoms with van der Waals surface area (Å²) in [4.78, 5) is 42.0. The van der Waals surface area contributed by atoms with Crippen LogP contribution in [0.15, 0.2) is 66.7 Å². The fourth-order valence-electron chi connectivity index (χ4n) is 4.60. The lowest BCUT2D eigenvalue weighted by Gasteiger charge is -2.27. The van der Waals surface area contributed by atoms with Crippen molar-refractivity contribution in [3.05, 3.63) is 95.1 Å². The van der Waals surface area contributed by atoms with Gasteiger partial charge in [0.1, 0.15) is 12.1 Å². The molecule has 0 aliphatic carbocycles. The predicted molar refractivity (Wildman–Crippen MR) is 121 cm³/mol. The lowest BCUT2D eigenvalue weighted by atomic mass is 9.92. The number of fused-ring (bicyclic) bond motifs is 2. The van der Waals surface area contributed by atoms with Gasteiger partial charge in [0, 0.05) is 0 Å². The smallest absolute Gasteiger partial charge is 0.319 e. The van der Waals surface area contributed by atoms with Crippen LogP contribution in [0.4, 0.5) is 25.0 Å². The van der Waals surface area contributed by atoms with E-state index in [-0.39, 0.29) is 5.56 Å². The molecule has 1 N–H and O–H groups in total. The third-order valence-electron chi connectivity index (χ3n) is 6.44. The zero-order chi connectivity index (χ0) is 24.0. The molecule has 2 aliphatic rings. The van der Waals surface area contributed by atoms with E-state index in [1.165, 1.54) is 13.0 Å². The summed E-state index contributed by atoms with van der Waals surface area (Å²) in [7, 11) is 0. The van der Waals surface area contributed by atoms with Gasteiger partial charge in [0.25, 0.3) is 11.8 Å². The van der Waals surface area contributed by atoms with Gasteiger partial charge in [0.05, 0.1) is 11.4 Å². The van der Waals surface area contributed by atoms with Crippen molar-refractivity contribution >= 4 is 29.2 Å². The summed E-state index contributed by atoms with van der Waals surface area (Å²) < 4.78 is 27.2. The third-order valence-corrected chi connectivity index (χ3v) is 6.44. The Balaban J connectivity index is 1.49. The Kier molecular flexibility index (Phi) is 5.16. The van der Waals surface area contributed by atoms with Gasteiger partial charge in [0.2, 0.25) is 0 Å². The lowest BCUT2D eigenvalue weighted by Crippen LogP contribution is -2.43. The third kappa shape index (κ3) is 3.42. The van der Waals surface area contributed by atoms with E-state index in [1.54, 1.807) is 4.90 Å². The number of aryl methyl sites for hydroxylation is 2. The molecule has 0 aromatic heterocycles. The molecule has 1 atom stereocenters. The van der Waals surface area contributed by atoms with E-state index in [1.807, 2.05) is 48.5 Å². The number of nitrogens with zero attached hydrogens (tertiary/aromatic N) is 2. The quantitative estimate of drug-likeness (QED) is 0.595. The van der Waals surface area contributed by atoms with Crippen LogP contribution in [0.3, 0.4) is 0 Å². The van der Waals surface area contributed by atoms with Gasteiger partial charge < -0.3 is 5.32 Å². The molecule has 1 unspecified atom stereocenters. The van der Waals surface area contributed by atoms with Crippen molar-refractivity contribution in [3.8, 4) is 0 Å². The second-order valence-corrected chi connectivity index (χ2v) is 8.56. The number of imide groups is 1. The average Bonchev–Trinajstić information content (AvgIpc) is 2.97. The maximum Gasteiger partial charge on any atom is 0.325 e. The number of hydrogen-bond donors (Lipinski definition) is 1. The van der Waals surface area contributed by atoms with Crippen molar-refractivity contribution in [3.63, 3.8) is 0 Å². The SMILES string of the molecule is CC1(c2ccc(F)c(F)c2)NC(=O)N(CC(=O)N2c3ccccc3CCc3ccccc32)C1=O. The van der Waals surface area contributed by atoms with E-state index in [9.17, 15) is 23.2 Å². The Morgan fingerprint density at radius 3 is 2.09 bits per heavy atom. The molecule has 4 amide bonds. The molecule has 3 aromatic rings. The first-order valence-corrected chi connectivity index (χ1v) is 10.9. The molecule has 2 heterocycles. The molecule has 6 nitrogen and oxygen atoms in total. The molecule has 34 heavy (non-hydrogen) atoms. The molecule has 5 rings (SSSR count). The van der Waals surface area contributed by atoms with Crippen LogP contribution < -0.4 is 10.2 Å². The summed E-state index contributed by atoms with van der Waals surface area (Å²) in [6.07, 6.45) is 1.49. The number of carbonyl (C=O) groups is 3. The first-order valence-electron chi connectivity index (χ1n) is 10.9. The van der Waals surface area contributed by atoms with Crippen LogP contribution in [-0.4, -0.2) is 29.3 Å². The van der Waals surface area contributed by atoms with Crippen molar-refractivity contribution in [1.29, 1.82) is 0 Å². The van der Waals surface area contributed by atoms with Crippen molar-refractivity contribution in [2.45, 2.75) is 25.3 Å². The Labute approximate surface area is 194 Å². The lowest BCUT2D eigenvalue weighted by molar-refractivity contribution is -0.134. The number of nitrogens with one attached hydrogen (secondary N) is 1. The zero-order valence-electron chi connectivity index (χ0n) is 18.3. The molecule has 0 radical (unpaired) electrons. The van der Waals surface area contributed by atoms with Crippen LogP contribution in [0.25, 0.3) is 0 Å². The minimum absolute atomic E-state index is 0.0881. The van der Waals surface area contributed by atoms with Gasteiger partial charge in [-0.1, -0.05) is 42.5 Å². The highest BCUT2D eigenvalue weighted by molar-refractivity contribution is 6.12. The Hall–Kier alpha value is -4.07. The average molecular weight is 461 g/mol. The molecule has 3 aromatic carbocycles. The number of urea groups is 1. The van der Waals surface area contributed by atoms with Crippen LogP contribution in [0, 0.1) is 11.6 Å². The Morgan fingerprint density at radius 1 is 0.912 bits per heavy atom. The van der Waals surface area contributed by atoms with E-state index in [2.05, 4.69) is 5.32 Å². The molecule has 172 valence electrons. The standard InChI is InChI=1S/C26H21F2N3O3/c1-26(18-12-13-19(27)20(28)14-18)24(33)30(25(34)29-26)15-23(32)31-21-8-4-2-6-16(21)10-11-17-7-3-5-9-22(17)31/h2-9,12-14H,10-11,15H2,1H3,(H,29,34). The highest BCUT2D eigenvalue weighted by atomic mass is 19.2. The monoisotopic (exact) mass is 461 g/mol. The van der Waals surface area contributed by atoms with Gasteiger partial charge in [-0.25, -0.2) is 13.6 Å². The summed E-state index contributed by atoms with van der Waals surface area (Å²) in [6.45, 7) is 0.896. The van der Waals surface area contributed by atoms with E-state index >= 15 is 0 Å². The van der Waals surface area contributed by atoms with E-state index in [4.69, 9.17) is 0 Å². The molecular formula is C26H21F2N3O3. The van der Waals surface area contributed by atoms with Crippen LogP contribution in [0.1, 0.15) is 23.6 Å². The normalized spacial score (nSPS) is 19.4. The minimum Gasteiger partial charge on any atom is -0.319 e. The highest BCUT2D eigenvalue weighted by Crippen LogP contribution is 2.37. The van der Waals surface area contributed by atoms with E-state index in [0.29, 0.717) is 11.4 Å². The first-order chi connectivity index (χ1) is 16.3. The van der Waals surface area contributed by atoms with Crippen molar-refractivity contribution in [2.75, 3.05) is 11.4 Å². The molecule has 0 saturated carbocycles. The van der Waals surface area contributed by atoms with Gasteiger partial charge in [-0.15, -0.1) is 0 Å². The van der Waals surface area contributed by atoms with Crippen LogP contribution in [-0.2, 0) is 28.0 Å². The summed E-state index contributed by atoms with van der Waals surface area (Å²) in [5.41, 5.74) is 1.83.